The van der Waals surface area contributed by atoms with Gasteiger partial charge in [-0.3, -0.25) is 9.59 Å². The maximum atomic E-state index is 13.2. The van der Waals surface area contributed by atoms with E-state index in [1.54, 1.807) is 30.3 Å². The topological polar surface area (TPSA) is 155 Å². The number of aromatic nitrogens is 2. The minimum Gasteiger partial charge on any atom is -0.474 e. The second-order valence-corrected chi connectivity index (χ2v) is 12.1. The van der Waals surface area contributed by atoms with Crippen LogP contribution in [0.5, 0.6) is 5.88 Å². The van der Waals surface area contributed by atoms with E-state index in [9.17, 15) is 23.1 Å². The van der Waals surface area contributed by atoms with Crippen LogP contribution in [0.4, 0.5) is 0 Å². The number of nitriles is 1. The van der Waals surface area contributed by atoms with Gasteiger partial charge in [0.1, 0.15) is 22.4 Å². The van der Waals surface area contributed by atoms with Crippen molar-refractivity contribution in [1.82, 2.24) is 19.2 Å². The zero-order chi connectivity index (χ0) is 27.1. The van der Waals surface area contributed by atoms with Crippen LogP contribution in [-0.4, -0.2) is 63.8 Å². The number of nitrogens with one attached hydrogen (secondary N) is 1. The summed E-state index contributed by atoms with van der Waals surface area (Å²) >= 11 is 0. The number of carbonyl (C=O) groups is 1. The number of rotatable bonds is 8. The van der Waals surface area contributed by atoms with Gasteiger partial charge in [0.05, 0.1) is 17.7 Å². The van der Waals surface area contributed by atoms with E-state index in [0.29, 0.717) is 35.7 Å². The Morgan fingerprint density at radius 2 is 2.03 bits per heavy atom. The number of hydrogen-bond donors (Lipinski definition) is 2. The van der Waals surface area contributed by atoms with Gasteiger partial charge in [-0.1, -0.05) is 12.1 Å². The van der Waals surface area contributed by atoms with Gasteiger partial charge < -0.3 is 19.7 Å². The average Bonchev–Trinajstić information content (AvgIpc) is 3.60. The molecule has 2 fully saturated rings. The van der Waals surface area contributed by atoms with Crippen LogP contribution in [0.1, 0.15) is 40.7 Å². The number of β-amino-alcohol motifs (C(OH)–C–C–N with tert-alkyl or cyclic N) is 1. The molecule has 1 saturated heterocycles. The minimum atomic E-state index is -3.67. The number of hydrogen-bond acceptors (Lipinski definition) is 8. The van der Waals surface area contributed by atoms with E-state index in [-0.39, 0.29) is 37.7 Å². The average molecular weight is 538 g/mol. The van der Waals surface area contributed by atoms with Gasteiger partial charge in [0, 0.05) is 38.3 Å². The summed E-state index contributed by atoms with van der Waals surface area (Å²) in [6.07, 6.45) is 2.11. The highest BCUT2D eigenvalue weighted by Crippen LogP contribution is 2.46. The van der Waals surface area contributed by atoms with Crippen LogP contribution in [0.3, 0.4) is 0 Å². The number of carbonyl (C=O) groups excluding carboxylic acids is 1. The molecule has 1 aromatic carbocycles. The van der Waals surface area contributed by atoms with Gasteiger partial charge in [0.25, 0.3) is 11.5 Å². The van der Waals surface area contributed by atoms with E-state index < -0.39 is 32.3 Å². The molecule has 2 N–H and O–H groups in total. The number of amides is 1. The predicted molar refractivity (Wildman–Crippen MR) is 138 cm³/mol. The summed E-state index contributed by atoms with van der Waals surface area (Å²) in [5, 5.41) is 22.0. The van der Waals surface area contributed by atoms with Crippen LogP contribution in [0.2, 0.25) is 0 Å². The Balaban J connectivity index is 1.35. The van der Waals surface area contributed by atoms with Gasteiger partial charge in [-0.25, -0.2) is 13.4 Å². The number of aryl methyl sites for hydroxylation is 1. The van der Waals surface area contributed by atoms with Crippen molar-refractivity contribution in [2.24, 2.45) is 7.05 Å². The van der Waals surface area contributed by atoms with Gasteiger partial charge in [0.15, 0.2) is 0 Å². The molecular formula is C26H27N5O6S. The molecule has 38 heavy (non-hydrogen) atoms. The molecule has 1 aliphatic carbocycles. The molecule has 12 heteroatoms. The van der Waals surface area contributed by atoms with Crippen LogP contribution in [0.25, 0.3) is 10.9 Å². The first-order valence-electron chi connectivity index (χ1n) is 12.2. The molecule has 1 aliphatic heterocycles. The van der Waals surface area contributed by atoms with Crippen molar-refractivity contribution in [3.63, 3.8) is 0 Å². The molecule has 198 valence electrons. The number of pyridine rings is 2. The second kappa shape index (κ2) is 9.83. The van der Waals surface area contributed by atoms with Crippen molar-refractivity contribution in [1.29, 1.82) is 5.26 Å². The van der Waals surface area contributed by atoms with Gasteiger partial charge in [-0.15, -0.1) is 0 Å². The third kappa shape index (κ3) is 4.64. The van der Waals surface area contributed by atoms with Crippen LogP contribution in [-0.2, 0) is 23.6 Å². The molecule has 1 saturated carbocycles. The highest BCUT2D eigenvalue weighted by Gasteiger charge is 2.58. The Morgan fingerprint density at radius 3 is 2.66 bits per heavy atom. The van der Waals surface area contributed by atoms with E-state index in [4.69, 9.17) is 10.00 Å². The molecule has 11 nitrogen and oxygen atoms in total. The Bertz CT molecular complexity index is 1610. The fourth-order valence-corrected chi connectivity index (χ4v) is 6.75. The summed E-state index contributed by atoms with van der Waals surface area (Å²) in [4.78, 5) is 30.2. The van der Waals surface area contributed by atoms with Crippen molar-refractivity contribution in [3.05, 3.63) is 69.6 Å². The van der Waals surface area contributed by atoms with Gasteiger partial charge in [0.2, 0.25) is 15.9 Å². The molecule has 2 aliphatic rings. The van der Waals surface area contributed by atoms with Crippen molar-refractivity contribution >= 4 is 26.8 Å². The highest BCUT2D eigenvalue weighted by atomic mass is 32.2. The van der Waals surface area contributed by atoms with Gasteiger partial charge in [-0.2, -0.15) is 9.57 Å². The third-order valence-corrected chi connectivity index (χ3v) is 9.80. The lowest BCUT2D eigenvalue weighted by Gasteiger charge is -2.24. The summed E-state index contributed by atoms with van der Waals surface area (Å²) in [6.45, 7) is 0.416. The molecule has 3 heterocycles. The monoisotopic (exact) mass is 537 g/mol. The molecule has 1 amide bonds. The smallest absolute Gasteiger partial charge is 0.263 e. The SMILES string of the molecule is Cn1c(=O)c(C(=O)NCc2ccc(C#N)cc2)cc2ccnc(OCC3(S(=O)(=O)N4CC[C@@H](O)C4)CC3)c21. The van der Waals surface area contributed by atoms with E-state index >= 15 is 0 Å². The highest BCUT2D eigenvalue weighted by molar-refractivity contribution is 7.90. The van der Waals surface area contributed by atoms with Crippen molar-refractivity contribution < 1.29 is 23.1 Å². The summed E-state index contributed by atoms with van der Waals surface area (Å²) in [5.74, 6) is -0.443. The third-order valence-electron chi connectivity index (χ3n) is 7.17. The van der Waals surface area contributed by atoms with E-state index in [1.165, 1.54) is 28.2 Å². The maximum absolute atomic E-state index is 13.2. The van der Waals surface area contributed by atoms with Gasteiger partial charge >= 0.3 is 0 Å². The largest absolute Gasteiger partial charge is 0.474 e. The fourth-order valence-electron chi connectivity index (χ4n) is 4.66. The molecular weight excluding hydrogens is 510 g/mol. The Labute approximate surface area is 219 Å². The van der Waals surface area contributed by atoms with Crippen molar-refractivity contribution in [2.75, 3.05) is 19.7 Å². The second-order valence-electron chi connectivity index (χ2n) is 9.74. The quantitative estimate of drug-likeness (QED) is 0.432. The molecule has 3 aromatic rings. The van der Waals surface area contributed by atoms with Crippen LogP contribution in [0.15, 0.2) is 47.4 Å². The lowest BCUT2D eigenvalue weighted by molar-refractivity contribution is 0.0949. The molecule has 0 radical (unpaired) electrons. The molecule has 0 spiro atoms. The predicted octanol–water partition coefficient (Wildman–Crippen LogP) is 1.04. The molecule has 2 aromatic heterocycles. The van der Waals surface area contributed by atoms with E-state index in [1.807, 2.05) is 6.07 Å². The number of aliphatic hydroxyl groups excluding tert-OH is 1. The number of fused-ring (bicyclic) bond motifs is 1. The first kappa shape index (κ1) is 25.8. The number of ether oxygens (including phenoxy) is 1. The lowest BCUT2D eigenvalue weighted by Crippen LogP contribution is -2.42. The zero-order valence-electron chi connectivity index (χ0n) is 20.8. The van der Waals surface area contributed by atoms with E-state index in [2.05, 4.69) is 10.3 Å². The normalized spacial score (nSPS) is 18.7. The van der Waals surface area contributed by atoms with Crippen molar-refractivity contribution in [3.8, 4) is 11.9 Å². The first-order chi connectivity index (χ1) is 18.1. The van der Waals surface area contributed by atoms with E-state index in [0.717, 1.165) is 5.56 Å². The maximum Gasteiger partial charge on any atom is 0.263 e. The lowest BCUT2D eigenvalue weighted by atomic mass is 10.1. The first-order valence-corrected chi connectivity index (χ1v) is 13.7. The van der Waals surface area contributed by atoms with Crippen LogP contribution in [0, 0.1) is 11.3 Å². The molecule has 0 unspecified atom stereocenters. The number of aliphatic hydroxyl groups is 1. The zero-order valence-corrected chi connectivity index (χ0v) is 21.6. The summed E-state index contributed by atoms with van der Waals surface area (Å²) in [6, 6.07) is 11.9. The standard InChI is InChI=1S/C26H27N5O6S/c1-30-22-19(12-21(25(30)34)23(33)29-14-18-4-2-17(13-27)3-5-18)6-10-28-24(22)37-16-26(8-9-26)38(35,36)31-11-7-20(32)15-31/h2-6,10,12,20,32H,7-9,11,14-16H2,1H3,(H,29,33)/t20-/m1/s1. The summed E-state index contributed by atoms with van der Waals surface area (Å²) in [7, 11) is -2.16. The number of benzene rings is 1. The fraction of sp³-hybridized carbons (Fsp3) is 0.385. The summed E-state index contributed by atoms with van der Waals surface area (Å²) < 4.78 is 33.8. The molecule has 0 bridgehead atoms. The minimum absolute atomic E-state index is 0.0559. The summed E-state index contributed by atoms with van der Waals surface area (Å²) in [5.41, 5.74) is 1.04. The molecule has 5 rings (SSSR count). The van der Waals surface area contributed by atoms with Crippen molar-refractivity contribution in [2.45, 2.75) is 36.7 Å². The molecule has 1 atom stereocenters. The Morgan fingerprint density at radius 1 is 1.29 bits per heavy atom. The van der Waals surface area contributed by atoms with Crippen LogP contribution >= 0.6 is 0 Å². The Hall–Kier alpha value is -3.79. The van der Waals surface area contributed by atoms with Crippen LogP contribution < -0.4 is 15.6 Å². The Kier molecular flexibility index (Phi) is 6.68. The number of nitrogens with zero attached hydrogens (tertiary/aromatic N) is 4. The van der Waals surface area contributed by atoms with Gasteiger partial charge in [-0.05, 0) is 49.1 Å². The number of sulfonamides is 1.